The van der Waals surface area contributed by atoms with Crippen LogP contribution in [0.3, 0.4) is 0 Å². The quantitative estimate of drug-likeness (QED) is 0.145. The van der Waals surface area contributed by atoms with E-state index < -0.39 is 0 Å². The van der Waals surface area contributed by atoms with Crippen molar-refractivity contribution in [2.24, 2.45) is 0 Å². The van der Waals surface area contributed by atoms with Gasteiger partial charge in [0.05, 0.1) is 0 Å². The minimum atomic E-state index is -0.123. The Morgan fingerprint density at radius 2 is 0.678 bits per heavy atom. The van der Waals surface area contributed by atoms with E-state index in [2.05, 4.69) is 154 Å². The minimum absolute atomic E-state index is 0.111. The van der Waals surface area contributed by atoms with Crippen molar-refractivity contribution in [1.82, 2.24) is 0 Å². The van der Waals surface area contributed by atoms with E-state index in [1.54, 1.807) is 0 Å². The number of hydrogen-bond acceptors (Lipinski definition) is 4. The molecule has 0 unspecified atom stereocenters. The van der Waals surface area contributed by atoms with Gasteiger partial charge in [0.25, 0.3) is 0 Å². The van der Waals surface area contributed by atoms with Crippen molar-refractivity contribution >= 4 is 132 Å². The number of para-hydroxylation sites is 4. The van der Waals surface area contributed by atoms with Crippen LogP contribution in [0.2, 0.25) is 0 Å². The van der Waals surface area contributed by atoms with Gasteiger partial charge in [-0.15, -0.1) is 0 Å². The molecule has 0 N–H and O–H groups in total. The highest BCUT2D eigenvalue weighted by Crippen LogP contribution is 2.51. The highest BCUT2D eigenvalue weighted by Gasteiger charge is 2.42. The maximum atomic E-state index is 6.88. The summed E-state index contributed by atoms with van der Waals surface area (Å²) in [5, 5.41) is 13.9. The second kappa shape index (κ2) is 10.1. The van der Waals surface area contributed by atoms with Crippen molar-refractivity contribution in [1.29, 1.82) is 0 Å². The van der Waals surface area contributed by atoms with Crippen molar-refractivity contribution in [3.8, 4) is 22.3 Å². The van der Waals surface area contributed by atoms with E-state index in [1.807, 2.05) is 0 Å². The average molecular weight is 755 g/mol. The third-order valence-electron chi connectivity index (χ3n) is 13.8. The highest BCUT2D eigenvalue weighted by molar-refractivity contribution is 7.02. The topological polar surface area (TPSA) is 52.6 Å². The zero-order valence-corrected chi connectivity index (χ0v) is 32.4. The molecule has 0 aliphatic carbocycles. The molecule has 274 valence electrons. The second-order valence-corrected chi connectivity index (χ2v) is 17.8. The Bertz CT molecular complexity index is 3830. The maximum Gasteiger partial charge on any atom is 0.244 e. The van der Waals surface area contributed by atoms with Gasteiger partial charge in [0.1, 0.15) is 44.7 Å². The van der Waals surface area contributed by atoms with Gasteiger partial charge in [-0.3, -0.25) is 0 Å². The van der Waals surface area contributed by atoms with Crippen LogP contribution in [-0.4, -0.2) is 6.71 Å². The fraction of sp³-hybridized carbons (Fsp3) is 0.0741. The van der Waals surface area contributed by atoms with E-state index >= 15 is 0 Å². The molecule has 0 spiro atoms. The Kier molecular flexibility index (Phi) is 5.26. The van der Waals surface area contributed by atoms with Crippen LogP contribution in [0.1, 0.15) is 26.3 Å². The minimum Gasteiger partial charge on any atom is -0.456 e. The normalized spacial score (nSPS) is 13.6. The molecule has 59 heavy (non-hydrogen) atoms. The SMILES string of the molecule is CC(C)(C)c1cc2c3c(c1)-c1cc4oc5ccccc5c4c4c1c(cc1oc5ccccc5c14)B3c1cc3oc4ccccc4c3c3c1c-2cc1oc2ccccc2c13. The zero-order valence-electron chi connectivity index (χ0n) is 32.4. The molecule has 4 nitrogen and oxygen atoms in total. The van der Waals surface area contributed by atoms with Crippen molar-refractivity contribution in [2.45, 2.75) is 26.2 Å². The predicted molar refractivity (Wildman–Crippen MR) is 245 cm³/mol. The first-order valence-electron chi connectivity index (χ1n) is 20.5. The largest absolute Gasteiger partial charge is 0.456 e. The predicted octanol–water partition coefficient (Wildman–Crippen LogP) is 13.4. The molecule has 0 radical (unpaired) electrons. The summed E-state index contributed by atoms with van der Waals surface area (Å²) in [4.78, 5) is 0. The van der Waals surface area contributed by atoms with Gasteiger partial charge in [0.2, 0.25) is 6.71 Å². The molecule has 0 atom stereocenters. The van der Waals surface area contributed by atoms with Gasteiger partial charge in [-0.1, -0.05) is 122 Å². The molecule has 0 amide bonds. The molecule has 15 rings (SSSR count). The van der Waals surface area contributed by atoms with Crippen LogP contribution in [0, 0.1) is 0 Å². The molecule has 6 heterocycles. The number of benzene rings is 9. The van der Waals surface area contributed by atoms with E-state index in [0.717, 1.165) is 87.8 Å². The van der Waals surface area contributed by atoms with Crippen LogP contribution >= 0.6 is 0 Å². The summed E-state index contributed by atoms with van der Waals surface area (Å²) in [5.74, 6) is 0. The monoisotopic (exact) mass is 754 g/mol. The summed E-state index contributed by atoms with van der Waals surface area (Å²) < 4.78 is 27.4. The van der Waals surface area contributed by atoms with Crippen LogP contribution in [0.15, 0.2) is 151 Å². The summed E-state index contributed by atoms with van der Waals surface area (Å²) in [7, 11) is 0. The fourth-order valence-electron chi connectivity index (χ4n) is 11.3. The summed E-state index contributed by atoms with van der Waals surface area (Å²) in [6.07, 6.45) is 0. The molecule has 0 saturated heterocycles. The molecule has 5 heteroatoms. The molecule has 2 aliphatic rings. The summed E-state index contributed by atoms with van der Waals surface area (Å²) in [6.45, 7) is 6.86. The van der Waals surface area contributed by atoms with Gasteiger partial charge in [0.15, 0.2) is 0 Å². The lowest BCUT2D eigenvalue weighted by Crippen LogP contribution is -2.57. The van der Waals surface area contributed by atoms with E-state index in [-0.39, 0.29) is 12.1 Å². The van der Waals surface area contributed by atoms with Crippen LogP contribution in [0.5, 0.6) is 0 Å². The van der Waals surface area contributed by atoms with E-state index in [9.17, 15) is 0 Å². The van der Waals surface area contributed by atoms with Crippen LogP contribution in [0.25, 0.3) is 132 Å². The Hall–Kier alpha value is -7.24. The molecular formula is C54H31BO4. The molecule has 4 aromatic heterocycles. The van der Waals surface area contributed by atoms with Crippen LogP contribution in [0.4, 0.5) is 0 Å². The Morgan fingerprint density at radius 1 is 0.339 bits per heavy atom. The Labute approximate surface area is 336 Å². The van der Waals surface area contributed by atoms with Gasteiger partial charge < -0.3 is 17.7 Å². The highest BCUT2D eigenvalue weighted by atomic mass is 16.3. The number of fused-ring (bicyclic) bond motifs is 20. The first kappa shape index (κ1) is 30.8. The lowest BCUT2D eigenvalue weighted by molar-refractivity contribution is 0.591. The van der Waals surface area contributed by atoms with E-state index in [4.69, 9.17) is 17.7 Å². The lowest BCUT2D eigenvalue weighted by atomic mass is 9.31. The van der Waals surface area contributed by atoms with Crippen LogP contribution in [-0.2, 0) is 5.41 Å². The van der Waals surface area contributed by atoms with Crippen molar-refractivity contribution in [2.75, 3.05) is 0 Å². The zero-order chi connectivity index (χ0) is 38.6. The fourth-order valence-corrected chi connectivity index (χ4v) is 11.3. The standard InChI is InChI=1S/C54H31BO4/c1-54(2,3)26-20-33-31-22-41-47(27-12-4-8-16-37(27)56-41)51-45(31)35(24-43-49(51)29-14-6-10-18-39(29)58-43)55-36-25-44-50(30-15-7-11-19-40(30)59-44)52-46(36)32(34(21-26)53(33)55)23-42-48(52)28-13-5-9-17-38(28)57-42/h4-25H,1-3H3. The first-order chi connectivity index (χ1) is 28.9. The summed E-state index contributed by atoms with van der Waals surface area (Å²) in [6, 6.07) is 48.2. The number of furan rings is 4. The molecule has 13 aromatic rings. The molecule has 2 aliphatic heterocycles. The smallest absolute Gasteiger partial charge is 0.244 e. The third kappa shape index (κ3) is 3.61. The van der Waals surface area contributed by atoms with Gasteiger partial charge in [0, 0.05) is 53.9 Å². The maximum absolute atomic E-state index is 6.88. The second-order valence-electron chi connectivity index (χ2n) is 17.8. The summed E-state index contributed by atoms with van der Waals surface area (Å²) >= 11 is 0. The van der Waals surface area contributed by atoms with Crippen molar-refractivity contribution in [3.05, 3.63) is 139 Å². The first-order valence-corrected chi connectivity index (χ1v) is 20.5. The summed E-state index contributed by atoms with van der Waals surface area (Å²) in [5.41, 5.74) is 16.9. The average Bonchev–Trinajstić information content (AvgIpc) is 4.01. The van der Waals surface area contributed by atoms with Gasteiger partial charge in [-0.25, -0.2) is 0 Å². The van der Waals surface area contributed by atoms with Crippen molar-refractivity contribution < 1.29 is 17.7 Å². The van der Waals surface area contributed by atoms with Crippen molar-refractivity contribution in [3.63, 3.8) is 0 Å². The van der Waals surface area contributed by atoms with E-state index in [1.165, 1.54) is 65.8 Å². The lowest BCUT2D eigenvalue weighted by Gasteiger charge is -2.36. The van der Waals surface area contributed by atoms with Gasteiger partial charge >= 0.3 is 0 Å². The number of hydrogen-bond donors (Lipinski definition) is 0. The van der Waals surface area contributed by atoms with Gasteiger partial charge in [-0.2, -0.15) is 0 Å². The molecule has 9 aromatic carbocycles. The molecule has 0 saturated carbocycles. The third-order valence-corrected chi connectivity index (χ3v) is 13.8. The molecule has 0 bridgehead atoms. The molecular weight excluding hydrogens is 723 g/mol. The van der Waals surface area contributed by atoms with E-state index in [0.29, 0.717) is 0 Å². The van der Waals surface area contributed by atoms with Gasteiger partial charge in [-0.05, 0) is 92.5 Å². The Balaban J connectivity index is 1.24. The Morgan fingerprint density at radius 3 is 1.03 bits per heavy atom. The number of rotatable bonds is 0. The molecule has 0 fully saturated rings. The van der Waals surface area contributed by atoms with Crippen LogP contribution < -0.4 is 16.4 Å².